The zero-order chi connectivity index (χ0) is 16.2. The molecule has 0 spiro atoms. The average Bonchev–Trinajstić information content (AvgIpc) is 3.18. The fourth-order valence-corrected chi connectivity index (χ4v) is 3.75. The van der Waals surface area contributed by atoms with Gasteiger partial charge in [0.1, 0.15) is 0 Å². The molecule has 0 radical (unpaired) electrons. The van der Waals surface area contributed by atoms with Gasteiger partial charge in [0.15, 0.2) is 0 Å². The number of likely N-dealkylation sites (tertiary alicyclic amines) is 1. The highest BCUT2D eigenvalue weighted by molar-refractivity contribution is 5.86. The molecule has 1 fully saturated rings. The minimum absolute atomic E-state index is 0.215. The van der Waals surface area contributed by atoms with Gasteiger partial charge in [-0.2, -0.15) is 0 Å². The van der Waals surface area contributed by atoms with Crippen LogP contribution in [0.25, 0.3) is 10.9 Å². The Morgan fingerprint density at radius 2 is 2.30 bits per heavy atom. The molecule has 0 aliphatic carbocycles. The van der Waals surface area contributed by atoms with Crippen molar-refractivity contribution in [3.8, 4) is 0 Å². The van der Waals surface area contributed by atoms with Crippen LogP contribution in [0.5, 0.6) is 0 Å². The molecule has 1 aliphatic heterocycles. The summed E-state index contributed by atoms with van der Waals surface area (Å²) in [5, 5.41) is 10.2. The van der Waals surface area contributed by atoms with E-state index in [0.29, 0.717) is 12.5 Å². The molecule has 124 valence electrons. The van der Waals surface area contributed by atoms with Gasteiger partial charge in [-0.05, 0) is 50.2 Å². The van der Waals surface area contributed by atoms with Gasteiger partial charge < -0.3 is 15.0 Å². The Morgan fingerprint density at radius 3 is 3.13 bits per heavy atom. The summed E-state index contributed by atoms with van der Waals surface area (Å²) in [6.07, 6.45) is 7.27. The topological polar surface area (TPSA) is 56.3 Å². The first-order chi connectivity index (χ1) is 11.2. The highest BCUT2D eigenvalue weighted by Crippen LogP contribution is 2.25. The number of H-pyrrole nitrogens is 1. The van der Waals surface area contributed by atoms with Crippen LogP contribution < -0.4 is 0 Å². The van der Waals surface area contributed by atoms with E-state index in [1.807, 2.05) is 11.1 Å². The van der Waals surface area contributed by atoms with Gasteiger partial charge in [0.25, 0.3) is 0 Å². The van der Waals surface area contributed by atoms with Crippen molar-refractivity contribution >= 4 is 16.8 Å². The standard InChI is InChI=1S/C19H26N2O2/c1-14-5-2-8-17-15(13-20-19(14)17)9-10-18(23)21-11-3-6-16(21)7-4-12-22/h2,5,8,13,16,20,22H,3-4,6-7,9-12H2,1H3. The van der Waals surface area contributed by atoms with Crippen molar-refractivity contribution in [2.45, 2.75) is 51.5 Å². The van der Waals surface area contributed by atoms with Crippen molar-refractivity contribution in [2.75, 3.05) is 13.2 Å². The third-order valence-corrected chi connectivity index (χ3v) is 5.01. The first-order valence-electron chi connectivity index (χ1n) is 8.66. The van der Waals surface area contributed by atoms with Crippen molar-refractivity contribution in [1.29, 1.82) is 0 Å². The highest BCUT2D eigenvalue weighted by Gasteiger charge is 2.27. The lowest BCUT2D eigenvalue weighted by Gasteiger charge is -2.24. The van der Waals surface area contributed by atoms with E-state index < -0.39 is 0 Å². The number of amides is 1. The summed E-state index contributed by atoms with van der Waals surface area (Å²) >= 11 is 0. The first-order valence-corrected chi connectivity index (χ1v) is 8.66. The number of hydrogen-bond acceptors (Lipinski definition) is 2. The maximum absolute atomic E-state index is 12.6. The first kappa shape index (κ1) is 16.1. The van der Waals surface area contributed by atoms with Gasteiger partial charge in [0, 0.05) is 42.7 Å². The second-order valence-corrected chi connectivity index (χ2v) is 6.56. The Balaban J connectivity index is 1.63. The Labute approximate surface area is 137 Å². The fraction of sp³-hybridized carbons (Fsp3) is 0.526. The average molecular weight is 314 g/mol. The van der Waals surface area contributed by atoms with E-state index in [2.05, 4.69) is 30.1 Å². The van der Waals surface area contributed by atoms with Crippen LogP contribution in [0.15, 0.2) is 24.4 Å². The van der Waals surface area contributed by atoms with Gasteiger partial charge in [-0.15, -0.1) is 0 Å². The molecule has 1 aromatic carbocycles. The molecular formula is C19H26N2O2. The number of aliphatic hydroxyl groups is 1. The molecule has 23 heavy (non-hydrogen) atoms. The summed E-state index contributed by atoms with van der Waals surface area (Å²) in [6, 6.07) is 6.63. The van der Waals surface area contributed by atoms with Crippen LogP contribution in [0.2, 0.25) is 0 Å². The van der Waals surface area contributed by atoms with E-state index in [9.17, 15) is 4.79 Å². The zero-order valence-electron chi connectivity index (χ0n) is 13.8. The summed E-state index contributed by atoms with van der Waals surface area (Å²) in [5.74, 6) is 0.257. The molecular weight excluding hydrogens is 288 g/mol. The molecule has 0 bridgehead atoms. The summed E-state index contributed by atoms with van der Waals surface area (Å²) < 4.78 is 0. The molecule has 1 unspecified atom stereocenters. The smallest absolute Gasteiger partial charge is 0.223 e. The Hall–Kier alpha value is -1.81. The van der Waals surface area contributed by atoms with Crippen LogP contribution in [0.3, 0.4) is 0 Å². The normalized spacial score (nSPS) is 18.0. The number of benzene rings is 1. The largest absolute Gasteiger partial charge is 0.396 e. The second-order valence-electron chi connectivity index (χ2n) is 6.56. The highest BCUT2D eigenvalue weighted by atomic mass is 16.3. The third-order valence-electron chi connectivity index (χ3n) is 5.01. The summed E-state index contributed by atoms with van der Waals surface area (Å²) in [4.78, 5) is 17.9. The van der Waals surface area contributed by atoms with Gasteiger partial charge in [-0.25, -0.2) is 0 Å². The number of carbonyl (C=O) groups is 1. The number of carbonyl (C=O) groups excluding carboxylic acids is 1. The Morgan fingerprint density at radius 1 is 1.43 bits per heavy atom. The monoisotopic (exact) mass is 314 g/mol. The predicted molar refractivity (Wildman–Crippen MR) is 92.4 cm³/mol. The van der Waals surface area contributed by atoms with Gasteiger partial charge in [0.2, 0.25) is 5.91 Å². The Bertz CT molecular complexity index is 677. The lowest BCUT2D eigenvalue weighted by molar-refractivity contribution is -0.132. The molecule has 4 nitrogen and oxygen atoms in total. The van der Waals surface area contributed by atoms with Gasteiger partial charge in [0.05, 0.1) is 0 Å². The van der Waals surface area contributed by atoms with E-state index in [-0.39, 0.29) is 12.5 Å². The molecule has 1 aliphatic rings. The molecule has 1 amide bonds. The lowest BCUT2D eigenvalue weighted by Crippen LogP contribution is -2.35. The van der Waals surface area contributed by atoms with E-state index in [0.717, 1.165) is 38.6 Å². The molecule has 1 aromatic heterocycles. The number of rotatable bonds is 6. The Kier molecular flexibility index (Phi) is 5.01. The lowest BCUT2D eigenvalue weighted by atomic mass is 10.1. The molecule has 2 aromatic rings. The number of nitrogens with one attached hydrogen (secondary N) is 1. The zero-order valence-corrected chi connectivity index (χ0v) is 13.8. The number of aromatic amines is 1. The number of aryl methyl sites for hydroxylation is 2. The molecule has 2 N–H and O–H groups in total. The number of aromatic nitrogens is 1. The number of fused-ring (bicyclic) bond motifs is 1. The van der Waals surface area contributed by atoms with Crippen LogP contribution >= 0.6 is 0 Å². The summed E-state index contributed by atoms with van der Waals surface area (Å²) in [5.41, 5.74) is 3.64. The molecule has 0 saturated carbocycles. The number of hydrogen-bond donors (Lipinski definition) is 2. The number of aliphatic hydroxyl groups excluding tert-OH is 1. The number of nitrogens with zero attached hydrogens (tertiary/aromatic N) is 1. The van der Waals surface area contributed by atoms with Gasteiger partial charge >= 0.3 is 0 Å². The van der Waals surface area contributed by atoms with Crippen LogP contribution in [0, 0.1) is 6.92 Å². The van der Waals surface area contributed by atoms with E-state index in [1.165, 1.54) is 22.0 Å². The minimum Gasteiger partial charge on any atom is -0.396 e. The van der Waals surface area contributed by atoms with Crippen molar-refractivity contribution in [1.82, 2.24) is 9.88 Å². The maximum Gasteiger partial charge on any atom is 0.223 e. The maximum atomic E-state index is 12.6. The van der Waals surface area contributed by atoms with Gasteiger partial charge in [-0.3, -0.25) is 4.79 Å². The van der Waals surface area contributed by atoms with Gasteiger partial charge in [-0.1, -0.05) is 18.2 Å². The van der Waals surface area contributed by atoms with Crippen LogP contribution in [-0.4, -0.2) is 40.1 Å². The molecule has 4 heteroatoms. The third kappa shape index (κ3) is 3.42. The molecule has 3 rings (SSSR count). The second kappa shape index (κ2) is 7.18. The van der Waals surface area contributed by atoms with E-state index in [1.54, 1.807) is 0 Å². The summed E-state index contributed by atoms with van der Waals surface area (Å²) in [7, 11) is 0. The molecule has 1 atom stereocenters. The SMILES string of the molecule is Cc1cccc2c(CCC(=O)N3CCCC3CCCO)c[nH]c12. The fourth-order valence-electron chi connectivity index (χ4n) is 3.75. The van der Waals surface area contributed by atoms with E-state index in [4.69, 9.17) is 5.11 Å². The van der Waals surface area contributed by atoms with Crippen molar-refractivity contribution in [3.63, 3.8) is 0 Å². The number of para-hydroxylation sites is 1. The van der Waals surface area contributed by atoms with Crippen molar-refractivity contribution in [2.24, 2.45) is 0 Å². The summed E-state index contributed by atoms with van der Waals surface area (Å²) in [6.45, 7) is 3.19. The van der Waals surface area contributed by atoms with E-state index >= 15 is 0 Å². The van der Waals surface area contributed by atoms with Crippen molar-refractivity contribution < 1.29 is 9.90 Å². The predicted octanol–water partition coefficient (Wildman–Crippen LogP) is 3.17. The van der Waals surface area contributed by atoms with Crippen LogP contribution in [-0.2, 0) is 11.2 Å². The van der Waals surface area contributed by atoms with Crippen molar-refractivity contribution in [3.05, 3.63) is 35.5 Å². The van der Waals surface area contributed by atoms with Crippen LogP contribution in [0.4, 0.5) is 0 Å². The molecule has 2 heterocycles. The quantitative estimate of drug-likeness (QED) is 0.860. The molecule has 1 saturated heterocycles. The van der Waals surface area contributed by atoms with Crippen LogP contribution in [0.1, 0.15) is 43.2 Å². The minimum atomic E-state index is 0.215.